The minimum Gasteiger partial charge on any atom is -0.494 e. The molecule has 5 heteroatoms. The predicted molar refractivity (Wildman–Crippen MR) is 118 cm³/mol. The Labute approximate surface area is 171 Å². The summed E-state index contributed by atoms with van der Waals surface area (Å²) >= 11 is 1.43. The van der Waals surface area contributed by atoms with E-state index in [1.54, 1.807) is 4.90 Å². The summed E-state index contributed by atoms with van der Waals surface area (Å²) in [6.07, 6.45) is 2.90. The lowest BCUT2D eigenvalue weighted by Gasteiger charge is -2.12. The van der Waals surface area contributed by atoms with E-state index in [9.17, 15) is 4.79 Å². The van der Waals surface area contributed by atoms with Crippen molar-refractivity contribution in [3.05, 3.63) is 64.1 Å². The molecule has 1 amide bonds. The molecule has 0 bridgehead atoms. The van der Waals surface area contributed by atoms with Gasteiger partial charge in [-0.25, -0.2) is 4.99 Å². The van der Waals surface area contributed by atoms with Gasteiger partial charge in [-0.15, -0.1) is 0 Å². The summed E-state index contributed by atoms with van der Waals surface area (Å²) in [6.45, 7) is 9.51. The number of benzene rings is 2. The van der Waals surface area contributed by atoms with E-state index in [0.717, 1.165) is 28.6 Å². The second-order valence-electron chi connectivity index (χ2n) is 6.74. The summed E-state index contributed by atoms with van der Waals surface area (Å²) in [7, 11) is 0. The van der Waals surface area contributed by atoms with E-state index < -0.39 is 0 Å². The van der Waals surface area contributed by atoms with E-state index in [-0.39, 0.29) is 5.91 Å². The van der Waals surface area contributed by atoms with Crippen molar-refractivity contribution >= 4 is 34.6 Å². The number of ether oxygens (including phenoxy) is 1. The van der Waals surface area contributed by atoms with Gasteiger partial charge in [-0.2, -0.15) is 0 Å². The third kappa shape index (κ3) is 4.65. The number of rotatable bonds is 6. The molecule has 1 heterocycles. The molecular formula is C23H26N2O2S. The van der Waals surface area contributed by atoms with Gasteiger partial charge in [0.05, 0.1) is 17.2 Å². The van der Waals surface area contributed by atoms with Crippen LogP contribution in [0.15, 0.2) is 52.4 Å². The first-order valence-electron chi connectivity index (χ1n) is 9.62. The molecule has 1 fully saturated rings. The van der Waals surface area contributed by atoms with Gasteiger partial charge in [-0.3, -0.25) is 9.69 Å². The van der Waals surface area contributed by atoms with Crippen LogP contribution >= 0.6 is 11.8 Å². The Balaban J connectivity index is 1.83. The van der Waals surface area contributed by atoms with E-state index in [1.165, 1.54) is 22.9 Å². The Morgan fingerprint density at radius 3 is 2.46 bits per heavy atom. The highest BCUT2D eigenvalue weighted by Crippen LogP contribution is 2.34. The minimum absolute atomic E-state index is 0.00129. The molecule has 0 saturated carbocycles. The van der Waals surface area contributed by atoms with Crippen molar-refractivity contribution in [3.63, 3.8) is 0 Å². The summed E-state index contributed by atoms with van der Waals surface area (Å²) in [4.78, 5) is 19.9. The van der Waals surface area contributed by atoms with Crippen molar-refractivity contribution in [2.75, 3.05) is 13.2 Å². The first-order valence-corrected chi connectivity index (χ1v) is 10.4. The largest absolute Gasteiger partial charge is 0.494 e. The quantitative estimate of drug-likeness (QED) is 0.589. The third-order valence-corrected chi connectivity index (χ3v) is 5.58. The lowest BCUT2D eigenvalue weighted by atomic mass is 10.1. The number of likely N-dealkylation sites (N-methyl/N-ethyl adjacent to an activating group) is 1. The van der Waals surface area contributed by atoms with Gasteiger partial charge in [-0.1, -0.05) is 25.1 Å². The van der Waals surface area contributed by atoms with Gasteiger partial charge in [0.15, 0.2) is 5.17 Å². The smallest absolute Gasteiger partial charge is 0.266 e. The minimum atomic E-state index is 0.00129. The highest BCUT2D eigenvalue weighted by molar-refractivity contribution is 8.18. The second-order valence-corrected chi connectivity index (χ2v) is 7.75. The summed E-state index contributed by atoms with van der Waals surface area (Å²) in [5.74, 6) is 0.850. The van der Waals surface area contributed by atoms with Crippen LogP contribution in [0.1, 0.15) is 37.0 Å². The maximum Gasteiger partial charge on any atom is 0.266 e. The highest BCUT2D eigenvalue weighted by atomic mass is 32.2. The average molecular weight is 395 g/mol. The van der Waals surface area contributed by atoms with E-state index in [4.69, 9.17) is 9.73 Å². The number of carbonyl (C=O) groups excluding carboxylic acids is 1. The molecule has 1 aliphatic rings. The highest BCUT2D eigenvalue weighted by Gasteiger charge is 2.32. The Bertz CT molecular complexity index is 917. The molecule has 146 valence electrons. The predicted octanol–water partition coefficient (Wildman–Crippen LogP) is 5.72. The molecule has 0 N–H and O–H groups in total. The van der Waals surface area contributed by atoms with Crippen LogP contribution in [0.3, 0.4) is 0 Å². The number of aliphatic imine (C=N–C) groups is 1. The summed E-state index contributed by atoms with van der Waals surface area (Å²) in [5, 5.41) is 0.727. The van der Waals surface area contributed by atoms with Crippen LogP contribution in [0.25, 0.3) is 6.08 Å². The number of amides is 1. The molecule has 0 aliphatic carbocycles. The maximum atomic E-state index is 12.8. The monoisotopic (exact) mass is 394 g/mol. The van der Waals surface area contributed by atoms with Crippen molar-refractivity contribution < 1.29 is 9.53 Å². The van der Waals surface area contributed by atoms with Crippen LogP contribution in [0, 0.1) is 13.8 Å². The topological polar surface area (TPSA) is 41.9 Å². The van der Waals surface area contributed by atoms with Gasteiger partial charge >= 0.3 is 0 Å². The zero-order valence-electron chi connectivity index (χ0n) is 16.9. The molecule has 2 aromatic rings. The van der Waals surface area contributed by atoms with E-state index in [1.807, 2.05) is 43.3 Å². The van der Waals surface area contributed by atoms with E-state index in [0.29, 0.717) is 18.1 Å². The van der Waals surface area contributed by atoms with Crippen LogP contribution < -0.4 is 4.74 Å². The summed E-state index contributed by atoms with van der Waals surface area (Å²) in [6, 6.07) is 13.9. The van der Waals surface area contributed by atoms with Crippen LogP contribution in [-0.2, 0) is 4.79 Å². The molecule has 0 aromatic heterocycles. The fraction of sp³-hybridized carbons (Fsp3) is 0.304. The molecular weight excluding hydrogens is 368 g/mol. The lowest BCUT2D eigenvalue weighted by Crippen LogP contribution is -2.28. The zero-order valence-corrected chi connectivity index (χ0v) is 17.7. The van der Waals surface area contributed by atoms with Crippen molar-refractivity contribution in [3.8, 4) is 5.75 Å². The molecule has 4 nitrogen and oxygen atoms in total. The molecule has 1 saturated heterocycles. The molecule has 1 aliphatic heterocycles. The van der Waals surface area contributed by atoms with Gasteiger partial charge < -0.3 is 4.74 Å². The van der Waals surface area contributed by atoms with Gasteiger partial charge in [0.2, 0.25) is 0 Å². The number of thioether (sulfide) groups is 1. The molecule has 2 aromatic carbocycles. The SMILES string of the molecule is CCCOc1ccc(C=C2SC(=Nc3ccc(C)c(C)c3)N(CC)C2=O)cc1. The van der Waals surface area contributed by atoms with Gasteiger partial charge in [0.1, 0.15) is 5.75 Å². The molecule has 0 spiro atoms. The maximum absolute atomic E-state index is 12.8. The number of amidine groups is 1. The van der Waals surface area contributed by atoms with Crippen molar-refractivity contribution in [1.82, 2.24) is 4.90 Å². The van der Waals surface area contributed by atoms with Crippen LogP contribution in [0.4, 0.5) is 5.69 Å². The second kappa shape index (κ2) is 9.11. The number of aryl methyl sites for hydroxylation is 2. The number of hydrogen-bond donors (Lipinski definition) is 0. The molecule has 0 radical (unpaired) electrons. The third-order valence-electron chi connectivity index (χ3n) is 4.57. The van der Waals surface area contributed by atoms with Crippen LogP contribution in [-0.4, -0.2) is 29.1 Å². The van der Waals surface area contributed by atoms with Crippen molar-refractivity contribution in [2.24, 2.45) is 4.99 Å². The zero-order chi connectivity index (χ0) is 20.1. The molecule has 28 heavy (non-hydrogen) atoms. The molecule has 3 rings (SSSR count). The Hall–Kier alpha value is -2.53. The van der Waals surface area contributed by atoms with Gasteiger partial charge in [-0.05, 0) is 86.0 Å². The van der Waals surface area contributed by atoms with Gasteiger partial charge in [0, 0.05) is 6.54 Å². The Kier molecular flexibility index (Phi) is 6.57. The Morgan fingerprint density at radius 2 is 1.82 bits per heavy atom. The Morgan fingerprint density at radius 1 is 1.07 bits per heavy atom. The molecule has 0 unspecified atom stereocenters. The average Bonchev–Trinajstić information content (AvgIpc) is 2.98. The summed E-state index contributed by atoms with van der Waals surface area (Å²) < 4.78 is 5.62. The molecule has 0 atom stereocenters. The van der Waals surface area contributed by atoms with Crippen molar-refractivity contribution in [1.29, 1.82) is 0 Å². The van der Waals surface area contributed by atoms with E-state index >= 15 is 0 Å². The lowest BCUT2D eigenvalue weighted by molar-refractivity contribution is -0.122. The fourth-order valence-electron chi connectivity index (χ4n) is 2.81. The summed E-state index contributed by atoms with van der Waals surface area (Å²) in [5.41, 5.74) is 4.28. The standard InChI is InChI=1S/C23H26N2O2S/c1-5-13-27-20-11-8-18(9-12-20)15-21-22(26)25(6-2)23(28-21)24-19-10-7-16(3)17(4)14-19/h7-12,14-15H,5-6,13H2,1-4H3. The van der Waals surface area contributed by atoms with Crippen LogP contribution in [0.5, 0.6) is 5.75 Å². The number of carbonyl (C=O) groups is 1. The first-order chi connectivity index (χ1) is 13.5. The van der Waals surface area contributed by atoms with Crippen LogP contribution in [0.2, 0.25) is 0 Å². The van der Waals surface area contributed by atoms with E-state index in [2.05, 4.69) is 32.9 Å². The number of hydrogen-bond acceptors (Lipinski definition) is 4. The fourth-order valence-corrected chi connectivity index (χ4v) is 3.87. The number of nitrogens with zero attached hydrogens (tertiary/aromatic N) is 2. The van der Waals surface area contributed by atoms with Crippen molar-refractivity contribution in [2.45, 2.75) is 34.1 Å². The normalized spacial score (nSPS) is 17.0. The van der Waals surface area contributed by atoms with Gasteiger partial charge in [0.25, 0.3) is 5.91 Å². The first kappa shape index (κ1) is 20.2.